The molecule has 13 heavy (non-hydrogen) atoms. The van der Waals surface area contributed by atoms with E-state index in [0.717, 1.165) is 5.75 Å². The zero-order chi connectivity index (χ0) is 9.90. The molecule has 0 bridgehead atoms. The minimum Gasteiger partial charge on any atom is -0.311 e. The molecule has 1 heterocycles. The van der Waals surface area contributed by atoms with E-state index >= 15 is 0 Å². The Kier molecular flexibility index (Phi) is 3.62. The van der Waals surface area contributed by atoms with E-state index in [4.69, 9.17) is 0 Å². The van der Waals surface area contributed by atoms with E-state index in [-0.39, 0.29) is 4.75 Å². The molecule has 1 aliphatic rings. The summed E-state index contributed by atoms with van der Waals surface area (Å²) < 4.78 is 14.3. The average molecular weight is 217 g/mol. The summed E-state index contributed by atoms with van der Waals surface area (Å²) in [5.74, 6) is 0.980. The number of allylic oxidation sites excluding steroid dienone is 1. The summed E-state index contributed by atoms with van der Waals surface area (Å²) in [5, 5.41) is 2.05. The third kappa shape index (κ3) is 3.56. The third-order valence-corrected chi connectivity index (χ3v) is 3.81. The summed E-state index contributed by atoms with van der Waals surface area (Å²) in [7, 11) is -1.00. The zero-order valence-corrected chi connectivity index (χ0v) is 9.80. The quantitative estimate of drug-likeness (QED) is 0.768. The van der Waals surface area contributed by atoms with Crippen molar-refractivity contribution in [1.29, 1.82) is 0 Å². The van der Waals surface area contributed by atoms with Crippen molar-refractivity contribution in [2.75, 3.05) is 5.75 Å². The minimum absolute atomic E-state index is 0.202. The van der Waals surface area contributed by atoms with Gasteiger partial charge in [-0.2, -0.15) is 0 Å². The molecule has 1 atom stereocenters. The maximum atomic E-state index is 11.5. The maximum Gasteiger partial charge on any atom is 0.122 e. The SMILES string of the molecule is CC(C)(C)S(=O)N/C=C1/C=CSC1. The third-order valence-electron chi connectivity index (χ3n) is 1.54. The smallest absolute Gasteiger partial charge is 0.122 e. The standard InChI is InChI=1S/C9H15NOS2/c1-9(2,3)13(11)10-6-8-4-5-12-7-8/h4-6,10H,7H2,1-3H3/b8-6-. The molecular formula is C9H15NOS2. The normalized spacial score (nSPS) is 22.2. The first-order valence-electron chi connectivity index (χ1n) is 4.15. The van der Waals surface area contributed by atoms with Crippen molar-refractivity contribution in [3.63, 3.8) is 0 Å². The molecule has 0 aromatic rings. The summed E-state index contributed by atoms with van der Waals surface area (Å²) in [6.07, 6.45) is 3.88. The summed E-state index contributed by atoms with van der Waals surface area (Å²) in [6.45, 7) is 5.86. The van der Waals surface area contributed by atoms with Crippen LogP contribution < -0.4 is 4.72 Å². The molecule has 1 aliphatic heterocycles. The monoisotopic (exact) mass is 217 g/mol. The molecule has 74 valence electrons. The first-order chi connectivity index (χ1) is 6.00. The molecule has 0 saturated carbocycles. The van der Waals surface area contributed by atoms with Gasteiger partial charge in [-0.3, -0.25) is 0 Å². The fraction of sp³-hybridized carbons (Fsp3) is 0.556. The van der Waals surface area contributed by atoms with E-state index < -0.39 is 11.0 Å². The van der Waals surface area contributed by atoms with Gasteiger partial charge in [0.05, 0.1) is 4.75 Å². The van der Waals surface area contributed by atoms with Crippen LogP contribution in [0.15, 0.2) is 23.3 Å². The molecule has 1 N–H and O–H groups in total. The van der Waals surface area contributed by atoms with Crippen LogP contribution in [0.4, 0.5) is 0 Å². The topological polar surface area (TPSA) is 29.1 Å². The fourth-order valence-electron chi connectivity index (χ4n) is 0.724. The minimum atomic E-state index is -1.00. The highest BCUT2D eigenvalue weighted by molar-refractivity contribution is 8.02. The van der Waals surface area contributed by atoms with Crippen LogP contribution in [-0.2, 0) is 11.0 Å². The lowest BCUT2D eigenvalue weighted by Crippen LogP contribution is -2.30. The van der Waals surface area contributed by atoms with Crippen LogP contribution in [0, 0.1) is 0 Å². The van der Waals surface area contributed by atoms with Gasteiger partial charge in [0.2, 0.25) is 0 Å². The van der Waals surface area contributed by atoms with Gasteiger partial charge >= 0.3 is 0 Å². The van der Waals surface area contributed by atoms with Crippen molar-refractivity contribution >= 4 is 22.7 Å². The molecule has 0 aliphatic carbocycles. The number of hydrogen-bond donors (Lipinski definition) is 1. The van der Waals surface area contributed by atoms with Gasteiger partial charge in [-0.1, -0.05) is 6.08 Å². The number of hydrogen-bond acceptors (Lipinski definition) is 2. The zero-order valence-electron chi connectivity index (χ0n) is 8.16. The second-order valence-electron chi connectivity index (χ2n) is 3.83. The molecule has 0 aromatic heterocycles. The average Bonchev–Trinajstić information content (AvgIpc) is 2.50. The Bertz CT molecular complexity index is 263. The highest BCUT2D eigenvalue weighted by Gasteiger charge is 2.18. The molecule has 0 fully saturated rings. The van der Waals surface area contributed by atoms with Crippen molar-refractivity contribution in [2.45, 2.75) is 25.5 Å². The fourth-order valence-corrected chi connectivity index (χ4v) is 2.07. The lowest BCUT2D eigenvalue weighted by atomic mass is 10.3. The van der Waals surface area contributed by atoms with Crippen molar-refractivity contribution in [2.24, 2.45) is 0 Å². The molecule has 0 radical (unpaired) electrons. The largest absolute Gasteiger partial charge is 0.311 e. The van der Waals surface area contributed by atoms with Crippen LogP contribution in [-0.4, -0.2) is 14.7 Å². The molecule has 0 aromatic carbocycles. The summed E-state index contributed by atoms with van der Waals surface area (Å²) >= 11 is 1.75. The molecule has 0 spiro atoms. The lowest BCUT2D eigenvalue weighted by Gasteiger charge is -2.16. The predicted molar refractivity (Wildman–Crippen MR) is 60.7 cm³/mol. The predicted octanol–water partition coefficient (Wildman–Crippen LogP) is 2.18. The van der Waals surface area contributed by atoms with Gasteiger partial charge in [-0.25, -0.2) is 4.21 Å². The molecular weight excluding hydrogens is 202 g/mol. The Balaban J connectivity index is 2.46. The van der Waals surface area contributed by atoms with Crippen molar-refractivity contribution in [3.8, 4) is 0 Å². The van der Waals surface area contributed by atoms with E-state index in [1.807, 2.05) is 38.5 Å². The number of thioether (sulfide) groups is 1. The molecule has 1 unspecified atom stereocenters. The van der Waals surface area contributed by atoms with Crippen LogP contribution in [0.3, 0.4) is 0 Å². The lowest BCUT2D eigenvalue weighted by molar-refractivity contribution is 0.644. The van der Waals surface area contributed by atoms with E-state index in [2.05, 4.69) is 4.72 Å². The van der Waals surface area contributed by atoms with Gasteiger partial charge in [-0.05, 0) is 31.8 Å². The molecule has 2 nitrogen and oxygen atoms in total. The van der Waals surface area contributed by atoms with Crippen LogP contribution in [0.5, 0.6) is 0 Å². The van der Waals surface area contributed by atoms with Gasteiger partial charge < -0.3 is 4.72 Å². The Hall–Kier alpha value is -0.220. The van der Waals surface area contributed by atoms with Gasteiger partial charge in [-0.15, -0.1) is 11.8 Å². The summed E-state index contributed by atoms with van der Waals surface area (Å²) in [5.41, 5.74) is 1.20. The van der Waals surface area contributed by atoms with Crippen molar-refractivity contribution in [3.05, 3.63) is 23.3 Å². The highest BCUT2D eigenvalue weighted by atomic mass is 32.2. The van der Waals surface area contributed by atoms with Crippen LogP contribution in [0.2, 0.25) is 0 Å². The van der Waals surface area contributed by atoms with Gasteiger partial charge in [0.1, 0.15) is 11.0 Å². The Morgan fingerprint density at radius 3 is 2.77 bits per heavy atom. The second kappa shape index (κ2) is 4.33. The van der Waals surface area contributed by atoms with Gasteiger partial charge in [0.25, 0.3) is 0 Å². The Morgan fingerprint density at radius 2 is 2.31 bits per heavy atom. The highest BCUT2D eigenvalue weighted by Crippen LogP contribution is 2.18. The number of nitrogens with one attached hydrogen (secondary N) is 1. The van der Waals surface area contributed by atoms with Crippen molar-refractivity contribution in [1.82, 2.24) is 4.72 Å². The van der Waals surface area contributed by atoms with E-state index in [0.29, 0.717) is 0 Å². The molecule has 0 saturated heterocycles. The van der Waals surface area contributed by atoms with Crippen LogP contribution >= 0.6 is 11.8 Å². The van der Waals surface area contributed by atoms with Gasteiger partial charge in [0.15, 0.2) is 0 Å². The summed E-state index contributed by atoms with van der Waals surface area (Å²) in [4.78, 5) is 0. The Morgan fingerprint density at radius 1 is 1.62 bits per heavy atom. The van der Waals surface area contributed by atoms with Gasteiger partial charge in [0, 0.05) is 12.0 Å². The first kappa shape index (κ1) is 10.9. The van der Waals surface area contributed by atoms with E-state index in [9.17, 15) is 4.21 Å². The van der Waals surface area contributed by atoms with E-state index in [1.165, 1.54) is 5.57 Å². The molecule has 1 rings (SSSR count). The van der Waals surface area contributed by atoms with E-state index in [1.54, 1.807) is 11.8 Å². The maximum absolute atomic E-state index is 11.5. The van der Waals surface area contributed by atoms with Crippen LogP contribution in [0.25, 0.3) is 0 Å². The molecule has 0 amide bonds. The number of rotatable bonds is 2. The summed E-state index contributed by atoms with van der Waals surface area (Å²) in [6, 6.07) is 0. The van der Waals surface area contributed by atoms with Crippen LogP contribution in [0.1, 0.15) is 20.8 Å². The second-order valence-corrected chi connectivity index (χ2v) is 6.72. The Labute approximate surface area is 86.5 Å². The molecule has 4 heteroatoms. The van der Waals surface area contributed by atoms with Crippen molar-refractivity contribution < 1.29 is 4.21 Å². The first-order valence-corrected chi connectivity index (χ1v) is 6.35.